The van der Waals surface area contributed by atoms with Crippen molar-refractivity contribution < 1.29 is 23.8 Å². The maximum atomic E-state index is 13.2. The maximum absolute atomic E-state index is 13.2. The molecule has 0 radical (unpaired) electrons. The maximum Gasteiger partial charge on any atom is 0.338 e. The van der Waals surface area contributed by atoms with Crippen LogP contribution < -0.4 is 5.32 Å². The first kappa shape index (κ1) is 15.4. The van der Waals surface area contributed by atoms with Crippen molar-refractivity contribution in [2.24, 2.45) is 5.92 Å². The number of hydrogen-bond acceptors (Lipinski definition) is 3. The van der Waals surface area contributed by atoms with E-state index in [4.69, 9.17) is 9.84 Å². The van der Waals surface area contributed by atoms with E-state index in [1.165, 1.54) is 6.07 Å². The third-order valence-electron chi connectivity index (χ3n) is 3.55. The number of amides is 1. The van der Waals surface area contributed by atoms with Crippen LogP contribution in [-0.4, -0.2) is 29.7 Å². The Morgan fingerprint density at radius 3 is 2.76 bits per heavy atom. The quantitative estimate of drug-likeness (QED) is 0.846. The third-order valence-corrected chi connectivity index (χ3v) is 3.55. The lowest BCUT2D eigenvalue weighted by molar-refractivity contribution is -0.119. The van der Waals surface area contributed by atoms with Crippen molar-refractivity contribution in [3.63, 3.8) is 0 Å². The Balaban J connectivity index is 1.86. The predicted molar refractivity (Wildman–Crippen MR) is 74.7 cm³/mol. The Bertz CT molecular complexity index is 540. The Hall–Kier alpha value is -1.95. The number of aromatic carboxylic acids is 1. The zero-order valence-electron chi connectivity index (χ0n) is 11.8. The normalized spacial score (nSPS) is 20.7. The van der Waals surface area contributed by atoms with Gasteiger partial charge in [0.15, 0.2) is 0 Å². The fourth-order valence-corrected chi connectivity index (χ4v) is 2.45. The Morgan fingerprint density at radius 1 is 1.43 bits per heavy atom. The zero-order valence-corrected chi connectivity index (χ0v) is 11.8. The summed E-state index contributed by atoms with van der Waals surface area (Å²) >= 11 is 0. The number of carbonyl (C=O) groups is 2. The molecule has 0 aromatic heterocycles. The lowest BCUT2D eigenvalue weighted by atomic mass is 9.80. The molecule has 1 saturated carbocycles. The molecule has 21 heavy (non-hydrogen) atoms. The molecule has 5 nitrogen and oxygen atoms in total. The van der Waals surface area contributed by atoms with Gasteiger partial charge >= 0.3 is 5.97 Å². The van der Waals surface area contributed by atoms with Crippen LogP contribution in [0.5, 0.6) is 0 Å². The molecule has 1 aliphatic rings. The number of halogens is 1. The van der Waals surface area contributed by atoms with Crippen molar-refractivity contribution in [3.8, 4) is 0 Å². The van der Waals surface area contributed by atoms with E-state index < -0.39 is 17.3 Å². The molecule has 1 aromatic carbocycles. The van der Waals surface area contributed by atoms with Gasteiger partial charge in [-0.3, -0.25) is 4.79 Å². The lowest BCUT2D eigenvalue weighted by Gasteiger charge is -2.34. The Morgan fingerprint density at radius 2 is 2.14 bits per heavy atom. The predicted octanol–water partition coefficient (Wildman–Crippen LogP) is 2.67. The van der Waals surface area contributed by atoms with E-state index in [-0.39, 0.29) is 12.0 Å². The minimum absolute atomic E-state index is 0.196. The average molecular weight is 295 g/mol. The standard InChI is InChI=1S/C15H18FNO4/c1-2-21-11-5-9(6-11)7-14(18)17-10-3-4-13(16)12(8-10)15(19)20/h3-4,8-9,11H,2,5-7H2,1H3,(H,17,18)(H,19,20). The molecule has 1 amide bonds. The van der Waals surface area contributed by atoms with Gasteiger partial charge in [-0.2, -0.15) is 0 Å². The molecular weight excluding hydrogens is 277 g/mol. The number of carboxylic acid groups (broad SMARTS) is 1. The topological polar surface area (TPSA) is 75.6 Å². The van der Waals surface area contributed by atoms with Gasteiger partial charge in [0.2, 0.25) is 5.91 Å². The van der Waals surface area contributed by atoms with Crippen LogP contribution in [0.2, 0.25) is 0 Å². The van der Waals surface area contributed by atoms with Crippen LogP contribution in [0, 0.1) is 11.7 Å². The summed E-state index contributed by atoms with van der Waals surface area (Å²) in [6.07, 6.45) is 2.34. The van der Waals surface area contributed by atoms with E-state index in [2.05, 4.69) is 5.32 Å². The third kappa shape index (κ3) is 4.01. The summed E-state index contributed by atoms with van der Waals surface area (Å²) in [7, 11) is 0. The largest absolute Gasteiger partial charge is 0.478 e. The van der Waals surface area contributed by atoms with Gasteiger partial charge in [0.1, 0.15) is 5.82 Å². The van der Waals surface area contributed by atoms with Gasteiger partial charge in [0.05, 0.1) is 11.7 Å². The molecule has 0 unspecified atom stereocenters. The Kier molecular flexibility index (Phi) is 4.90. The zero-order chi connectivity index (χ0) is 15.4. The molecule has 1 aromatic rings. The second-order valence-electron chi connectivity index (χ2n) is 5.17. The minimum Gasteiger partial charge on any atom is -0.478 e. The van der Waals surface area contributed by atoms with Crippen LogP contribution in [0.3, 0.4) is 0 Å². The SMILES string of the molecule is CCOC1CC(CC(=O)Nc2ccc(F)c(C(=O)O)c2)C1. The number of carbonyl (C=O) groups excluding carboxylic acids is 1. The van der Waals surface area contributed by atoms with Crippen molar-refractivity contribution >= 4 is 17.6 Å². The van der Waals surface area contributed by atoms with E-state index in [1.54, 1.807) is 0 Å². The summed E-state index contributed by atoms with van der Waals surface area (Å²) in [4.78, 5) is 22.7. The van der Waals surface area contributed by atoms with E-state index in [0.29, 0.717) is 24.6 Å². The molecule has 6 heteroatoms. The first-order chi connectivity index (χ1) is 9.99. The monoisotopic (exact) mass is 295 g/mol. The summed E-state index contributed by atoms with van der Waals surface area (Å²) in [5.41, 5.74) is -0.160. The molecule has 1 fully saturated rings. The second-order valence-corrected chi connectivity index (χ2v) is 5.17. The second kappa shape index (κ2) is 6.67. The lowest BCUT2D eigenvalue weighted by Crippen LogP contribution is -2.33. The van der Waals surface area contributed by atoms with Crippen LogP contribution in [0.4, 0.5) is 10.1 Å². The highest BCUT2D eigenvalue weighted by Gasteiger charge is 2.31. The van der Waals surface area contributed by atoms with Crippen LogP contribution in [0.25, 0.3) is 0 Å². The fraction of sp³-hybridized carbons (Fsp3) is 0.467. The fourth-order valence-electron chi connectivity index (χ4n) is 2.45. The summed E-state index contributed by atoms with van der Waals surface area (Å²) in [6.45, 7) is 2.62. The molecule has 114 valence electrons. The molecular formula is C15H18FNO4. The summed E-state index contributed by atoms with van der Waals surface area (Å²) in [5, 5.41) is 11.4. The van der Waals surface area contributed by atoms with Gasteiger partial charge in [-0.25, -0.2) is 9.18 Å². The summed E-state index contributed by atoms with van der Waals surface area (Å²) in [6, 6.07) is 3.51. The van der Waals surface area contributed by atoms with E-state index in [0.717, 1.165) is 25.0 Å². The number of rotatable bonds is 6. The van der Waals surface area contributed by atoms with E-state index >= 15 is 0 Å². The van der Waals surface area contributed by atoms with Gasteiger partial charge in [0, 0.05) is 18.7 Å². The van der Waals surface area contributed by atoms with Crippen molar-refractivity contribution in [2.75, 3.05) is 11.9 Å². The highest BCUT2D eigenvalue weighted by atomic mass is 19.1. The van der Waals surface area contributed by atoms with Crippen molar-refractivity contribution in [1.29, 1.82) is 0 Å². The molecule has 2 rings (SSSR count). The molecule has 0 bridgehead atoms. The number of ether oxygens (including phenoxy) is 1. The molecule has 0 spiro atoms. The average Bonchev–Trinajstić information content (AvgIpc) is 2.38. The number of nitrogens with one attached hydrogen (secondary N) is 1. The summed E-state index contributed by atoms with van der Waals surface area (Å²) < 4.78 is 18.7. The van der Waals surface area contributed by atoms with Gasteiger partial charge in [-0.05, 0) is 43.9 Å². The smallest absolute Gasteiger partial charge is 0.338 e. The Labute approximate surface area is 122 Å². The van der Waals surface area contributed by atoms with Gasteiger partial charge < -0.3 is 15.2 Å². The number of hydrogen-bond donors (Lipinski definition) is 2. The van der Waals surface area contributed by atoms with Crippen LogP contribution in [0.1, 0.15) is 36.5 Å². The first-order valence-corrected chi connectivity index (χ1v) is 6.94. The van der Waals surface area contributed by atoms with Gasteiger partial charge in [-0.1, -0.05) is 0 Å². The molecule has 2 N–H and O–H groups in total. The number of carboxylic acids is 1. The van der Waals surface area contributed by atoms with Crippen LogP contribution >= 0.6 is 0 Å². The van der Waals surface area contributed by atoms with Gasteiger partial charge in [-0.15, -0.1) is 0 Å². The molecule has 0 heterocycles. The highest BCUT2D eigenvalue weighted by molar-refractivity contribution is 5.94. The molecule has 0 saturated heterocycles. The van der Waals surface area contributed by atoms with E-state index in [9.17, 15) is 14.0 Å². The summed E-state index contributed by atoms with van der Waals surface area (Å²) in [5.74, 6) is -2.08. The van der Waals surface area contributed by atoms with Gasteiger partial charge in [0.25, 0.3) is 0 Å². The number of anilines is 1. The molecule has 1 aliphatic carbocycles. The van der Waals surface area contributed by atoms with Crippen molar-refractivity contribution in [1.82, 2.24) is 0 Å². The molecule has 0 aliphatic heterocycles. The van der Waals surface area contributed by atoms with E-state index in [1.807, 2.05) is 6.92 Å². The van der Waals surface area contributed by atoms with Crippen LogP contribution in [0.15, 0.2) is 18.2 Å². The highest BCUT2D eigenvalue weighted by Crippen LogP contribution is 2.32. The molecule has 0 atom stereocenters. The van der Waals surface area contributed by atoms with Crippen molar-refractivity contribution in [3.05, 3.63) is 29.6 Å². The first-order valence-electron chi connectivity index (χ1n) is 6.94. The number of benzene rings is 1. The minimum atomic E-state index is -1.36. The van der Waals surface area contributed by atoms with Crippen LogP contribution in [-0.2, 0) is 9.53 Å². The van der Waals surface area contributed by atoms with Crippen molar-refractivity contribution in [2.45, 2.75) is 32.3 Å².